The van der Waals surface area contributed by atoms with Crippen LogP contribution in [-0.4, -0.2) is 39.6 Å². The molecule has 0 fully saturated rings. The molecule has 0 atom stereocenters. The van der Waals surface area contributed by atoms with E-state index in [2.05, 4.69) is 5.32 Å². The van der Waals surface area contributed by atoms with Gasteiger partial charge in [-0.1, -0.05) is 12.1 Å². The molecule has 0 heterocycles. The van der Waals surface area contributed by atoms with Crippen LogP contribution in [-0.2, 0) is 11.2 Å². The first kappa shape index (κ1) is 25.4. The number of benzene rings is 2. The van der Waals surface area contributed by atoms with Gasteiger partial charge in [-0.2, -0.15) is 0 Å². The zero-order valence-electron chi connectivity index (χ0n) is 15.8. The van der Waals surface area contributed by atoms with Crippen molar-refractivity contribution in [3.8, 4) is 17.2 Å². The van der Waals surface area contributed by atoms with Gasteiger partial charge in [-0.25, -0.2) is 0 Å². The number of Topliss-reactive ketones (excluding diaryl/α,β-unsaturated/α-hetero) is 1. The van der Waals surface area contributed by atoms with Gasteiger partial charge in [0.25, 0.3) is 0 Å². The highest BCUT2D eigenvalue weighted by atomic mass is 35.5. The van der Waals surface area contributed by atoms with E-state index < -0.39 is 0 Å². The van der Waals surface area contributed by atoms with Crippen LogP contribution in [0.25, 0.3) is 0 Å². The summed E-state index contributed by atoms with van der Waals surface area (Å²) in [7, 11) is 4.43. The predicted molar refractivity (Wildman–Crippen MR) is 112 cm³/mol. The molecule has 28 heavy (non-hydrogen) atoms. The van der Waals surface area contributed by atoms with Crippen molar-refractivity contribution in [1.82, 2.24) is 5.32 Å². The maximum absolute atomic E-state index is 12.4. The number of nitrogens with two attached hydrogens (primary N) is 1. The molecule has 1 amide bonds. The molecule has 2 aromatic rings. The zero-order chi connectivity index (χ0) is 19.1. The Morgan fingerprint density at radius 3 is 1.93 bits per heavy atom. The molecule has 3 N–H and O–H groups in total. The maximum Gasteiger partial charge on any atom is 0.224 e. The summed E-state index contributed by atoms with van der Waals surface area (Å²) in [6, 6.07) is 10.1. The van der Waals surface area contributed by atoms with Gasteiger partial charge in [0.05, 0.1) is 34.3 Å². The standard InChI is InChI=1S/C19H22N2O5.2ClH/c1-24-16-9-13(10-17(25-2)19(16)26-3)15(22)11-21-18(23)8-12-4-6-14(20)7-5-12;;/h4-7,9-10H,8,11,20H2,1-3H3,(H,21,23);2*1H. The van der Waals surface area contributed by atoms with Crippen LogP contribution in [0.5, 0.6) is 17.2 Å². The third kappa shape index (κ3) is 6.51. The van der Waals surface area contributed by atoms with Crippen molar-refractivity contribution in [3.05, 3.63) is 47.5 Å². The molecule has 0 aliphatic carbocycles. The Morgan fingerprint density at radius 1 is 0.929 bits per heavy atom. The van der Waals surface area contributed by atoms with E-state index in [4.69, 9.17) is 19.9 Å². The average Bonchev–Trinajstić information content (AvgIpc) is 2.66. The van der Waals surface area contributed by atoms with Crippen LogP contribution in [0.15, 0.2) is 36.4 Å². The van der Waals surface area contributed by atoms with Gasteiger partial charge in [0.1, 0.15) is 0 Å². The molecule has 7 nitrogen and oxygen atoms in total. The fourth-order valence-electron chi connectivity index (χ4n) is 2.41. The van der Waals surface area contributed by atoms with E-state index in [0.717, 1.165) is 5.56 Å². The Morgan fingerprint density at radius 2 is 1.46 bits per heavy atom. The van der Waals surface area contributed by atoms with Crippen LogP contribution < -0.4 is 25.3 Å². The zero-order valence-corrected chi connectivity index (χ0v) is 17.4. The van der Waals surface area contributed by atoms with Gasteiger partial charge in [-0.05, 0) is 29.8 Å². The van der Waals surface area contributed by atoms with Crippen LogP contribution in [0.4, 0.5) is 5.69 Å². The van der Waals surface area contributed by atoms with Crippen LogP contribution in [0.1, 0.15) is 15.9 Å². The summed E-state index contributed by atoms with van der Waals surface area (Å²) >= 11 is 0. The fraction of sp³-hybridized carbons (Fsp3) is 0.263. The molecule has 0 saturated carbocycles. The van der Waals surface area contributed by atoms with Crippen molar-refractivity contribution < 1.29 is 23.8 Å². The highest BCUT2D eigenvalue weighted by molar-refractivity contribution is 6.00. The number of hydrogen-bond acceptors (Lipinski definition) is 6. The molecule has 9 heteroatoms. The summed E-state index contributed by atoms with van der Waals surface area (Å²) < 4.78 is 15.7. The second-order valence-electron chi connectivity index (χ2n) is 5.53. The lowest BCUT2D eigenvalue weighted by molar-refractivity contribution is -0.120. The van der Waals surface area contributed by atoms with Crippen molar-refractivity contribution in [3.63, 3.8) is 0 Å². The molecule has 2 rings (SSSR count). The van der Waals surface area contributed by atoms with Crippen LogP contribution in [0.2, 0.25) is 0 Å². The molecule has 2 aromatic carbocycles. The van der Waals surface area contributed by atoms with Crippen LogP contribution >= 0.6 is 24.8 Å². The molecule has 0 bridgehead atoms. The minimum atomic E-state index is -0.269. The highest BCUT2D eigenvalue weighted by Crippen LogP contribution is 2.38. The molecule has 0 aliphatic rings. The largest absolute Gasteiger partial charge is 0.493 e. The third-order valence-electron chi connectivity index (χ3n) is 3.78. The van der Waals surface area contributed by atoms with Gasteiger partial charge in [-0.15, -0.1) is 24.8 Å². The lowest BCUT2D eigenvalue weighted by Gasteiger charge is -2.14. The number of carbonyl (C=O) groups excluding carboxylic acids is 2. The number of amides is 1. The Bertz CT molecular complexity index is 772. The molecule has 0 aliphatic heterocycles. The molecule has 0 aromatic heterocycles. The number of ketones is 1. The number of carbonyl (C=O) groups is 2. The molecular formula is C19H24Cl2N2O5. The van der Waals surface area contributed by atoms with Crippen molar-refractivity contribution >= 4 is 42.2 Å². The Kier molecular flexibility index (Phi) is 10.8. The van der Waals surface area contributed by atoms with Crippen molar-refractivity contribution in [2.75, 3.05) is 33.6 Å². The Labute approximate surface area is 176 Å². The number of anilines is 1. The summed E-state index contributed by atoms with van der Waals surface area (Å²) in [5.74, 6) is 0.635. The lowest BCUT2D eigenvalue weighted by Crippen LogP contribution is -2.30. The van der Waals surface area contributed by atoms with E-state index in [-0.39, 0.29) is 49.5 Å². The van der Waals surface area contributed by atoms with Crippen LogP contribution in [0, 0.1) is 0 Å². The van der Waals surface area contributed by atoms with Crippen molar-refractivity contribution in [2.24, 2.45) is 0 Å². The number of rotatable bonds is 8. The number of nitrogen functional groups attached to an aromatic ring is 1. The number of methoxy groups -OCH3 is 3. The SMILES string of the molecule is COc1cc(C(=O)CNC(=O)Cc2ccc(N)cc2)cc(OC)c1OC.Cl.Cl. The maximum atomic E-state index is 12.4. The number of hydrogen-bond donors (Lipinski definition) is 2. The van der Waals surface area contributed by atoms with Gasteiger partial charge < -0.3 is 25.3 Å². The lowest BCUT2D eigenvalue weighted by atomic mass is 10.1. The second-order valence-corrected chi connectivity index (χ2v) is 5.53. The molecule has 0 radical (unpaired) electrons. The van der Waals surface area contributed by atoms with Gasteiger partial charge in [0.15, 0.2) is 17.3 Å². The second kappa shape index (κ2) is 11.9. The molecule has 0 saturated heterocycles. The third-order valence-corrected chi connectivity index (χ3v) is 3.78. The van der Waals surface area contributed by atoms with Gasteiger partial charge >= 0.3 is 0 Å². The smallest absolute Gasteiger partial charge is 0.224 e. The van der Waals surface area contributed by atoms with E-state index in [1.165, 1.54) is 21.3 Å². The summed E-state index contributed by atoms with van der Waals surface area (Å²) in [5, 5.41) is 2.61. The topological polar surface area (TPSA) is 99.9 Å². The van der Waals surface area contributed by atoms with Crippen molar-refractivity contribution in [1.29, 1.82) is 0 Å². The summed E-state index contributed by atoms with van der Waals surface area (Å²) in [6.07, 6.45) is 0.169. The molecule has 154 valence electrons. The molecule has 0 unspecified atom stereocenters. The Balaban J connectivity index is 0.00000364. The quantitative estimate of drug-likeness (QED) is 0.493. The normalized spacial score (nSPS) is 9.39. The summed E-state index contributed by atoms with van der Waals surface area (Å²) in [5.41, 5.74) is 7.42. The number of halogens is 2. The number of nitrogens with one attached hydrogen (secondary N) is 1. The van der Waals surface area contributed by atoms with E-state index >= 15 is 0 Å². The number of ether oxygens (including phenoxy) is 3. The molecular weight excluding hydrogens is 407 g/mol. The van der Waals surface area contributed by atoms with Gasteiger partial charge in [0, 0.05) is 11.3 Å². The van der Waals surface area contributed by atoms with Crippen LogP contribution in [0.3, 0.4) is 0 Å². The first-order valence-corrected chi connectivity index (χ1v) is 7.92. The van der Waals surface area contributed by atoms with E-state index in [1.54, 1.807) is 36.4 Å². The summed E-state index contributed by atoms with van der Waals surface area (Å²) in [4.78, 5) is 24.4. The minimum absolute atomic E-state index is 0. The van der Waals surface area contributed by atoms with Gasteiger partial charge in [-0.3, -0.25) is 9.59 Å². The van der Waals surface area contributed by atoms with E-state index in [9.17, 15) is 9.59 Å². The monoisotopic (exact) mass is 430 g/mol. The predicted octanol–water partition coefficient (Wildman–Crippen LogP) is 2.68. The van der Waals surface area contributed by atoms with E-state index in [0.29, 0.717) is 28.5 Å². The molecule has 0 spiro atoms. The Hall–Kier alpha value is -2.64. The minimum Gasteiger partial charge on any atom is -0.493 e. The summed E-state index contributed by atoms with van der Waals surface area (Å²) in [6.45, 7) is -0.132. The van der Waals surface area contributed by atoms with E-state index in [1.807, 2.05) is 0 Å². The first-order valence-electron chi connectivity index (χ1n) is 7.92. The average molecular weight is 431 g/mol. The van der Waals surface area contributed by atoms with Gasteiger partial charge in [0.2, 0.25) is 11.7 Å². The first-order chi connectivity index (χ1) is 12.5. The van der Waals surface area contributed by atoms with Crippen molar-refractivity contribution in [2.45, 2.75) is 6.42 Å². The fourth-order valence-corrected chi connectivity index (χ4v) is 2.41. The highest BCUT2D eigenvalue weighted by Gasteiger charge is 2.17.